The van der Waals surface area contributed by atoms with Crippen molar-refractivity contribution in [3.63, 3.8) is 0 Å². The second-order valence-corrected chi connectivity index (χ2v) is 3.64. The van der Waals surface area contributed by atoms with Gasteiger partial charge in [-0.05, 0) is 0 Å². The molecule has 12 heavy (non-hydrogen) atoms. The molecule has 1 amide bonds. The zero-order chi connectivity index (χ0) is 9.35. The van der Waals surface area contributed by atoms with E-state index in [0.29, 0.717) is 5.76 Å². The molecule has 4 nitrogen and oxygen atoms in total. The van der Waals surface area contributed by atoms with Crippen molar-refractivity contribution in [1.82, 2.24) is 4.98 Å². The van der Waals surface area contributed by atoms with E-state index in [4.69, 9.17) is 10.2 Å². The number of carbonyl (C=O) groups excluding carboxylic acids is 1. The molecule has 1 rings (SSSR count). The molecular weight excluding hydrogens is 156 g/mol. The summed E-state index contributed by atoms with van der Waals surface area (Å²) in [6.45, 7) is 5.79. The van der Waals surface area contributed by atoms with Crippen LogP contribution in [-0.4, -0.2) is 10.9 Å². The van der Waals surface area contributed by atoms with Gasteiger partial charge in [0.05, 0.1) is 0 Å². The Morgan fingerprint density at radius 3 is 2.50 bits per heavy atom. The molecule has 1 aromatic heterocycles. The third-order valence-corrected chi connectivity index (χ3v) is 1.48. The summed E-state index contributed by atoms with van der Waals surface area (Å²) in [5, 5.41) is 0. The van der Waals surface area contributed by atoms with Gasteiger partial charge in [0, 0.05) is 5.41 Å². The molecule has 0 atom stereocenters. The molecule has 0 aliphatic rings. The fourth-order valence-corrected chi connectivity index (χ4v) is 0.954. The molecule has 0 aliphatic heterocycles. The number of oxazole rings is 1. The Hall–Kier alpha value is -1.32. The van der Waals surface area contributed by atoms with Gasteiger partial charge in [-0.2, -0.15) is 0 Å². The number of hydrogen-bond acceptors (Lipinski definition) is 3. The van der Waals surface area contributed by atoms with E-state index in [1.54, 1.807) is 0 Å². The molecule has 0 aromatic carbocycles. The number of rotatable bonds is 1. The van der Waals surface area contributed by atoms with Gasteiger partial charge < -0.3 is 10.2 Å². The van der Waals surface area contributed by atoms with Crippen molar-refractivity contribution in [2.45, 2.75) is 26.2 Å². The molecule has 0 radical (unpaired) electrons. The number of hydrogen-bond donors (Lipinski definition) is 1. The Morgan fingerprint density at radius 1 is 1.58 bits per heavy atom. The third kappa shape index (κ3) is 1.47. The normalized spacial score (nSPS) is 11.6. The number of aromatic nitrogens is 1. The highest BCUT2D eigenvalue weighted by molar-refractivity contribution is 5.91. The molecule has 0 spiro atoms. The monoisotopic (exact) mass is 168 g/mol. The van der Waals surface area contributed by atoms with Crippen LogP contribution >= 0.6 is 0 Å². The first-order valence-corrected chi connectivity index (χ1v) is 3.66. The van der Waals surface area contributed by atoms with E-state index < -0.39 is 5.91 Å². The Bertz CT molecular complexity index is 296. The van der Waals surface area contributed by atoms with Gasteiger partial charge in [0.25, 0.3) is 5.91 Å². The van der Waals surface area contributed by atoms with Gasteiger partial charge in [-0.3, -0.25) is 4.79 Å². The Kier molecular flexibility index (Phi) is 1.92. The minimum absolute atomic E-state index is 0.225. The molecule has 0 saturated heterocycles. The molecule has 0 unspecified atom stereocenters. The Balaban J connectivity index is 3.17. The first-order chi connectivity index (χ1) is 5.43. The zero-order valence-electron chi connectivity index (χ0n) is 7.42. The molecule has 1 aromatic rings. The number of nitrogens with two attached hydrogens (primary N) is 1. The van der Waals surface area contributed by atoms with Gasteiger partial charge in [-0.25, -0.2) is 4.98 Å². The number of amides is 1. The highest BCUT2D eigenvalue weighted by Crippen LogP contribution is 2.24. The molecule has 4 heteroatoms. The molecule has 0 bridgehead atoms. The van der Waals surface area contributed by atoms with Gasteiger partial charge in [0.15, 0.2) is 12.1 Å². The maximum Gasteiger partial charge on any atom is 0.270 e. The molecule has 1 heterocycles. The third-order valence-electron chi connectivity index (χ3n) is 1.48. The predicted octanol–water partition coefficient (Wildman–Crippen LogP) is 1.07. The number of carbonyl (C=O) groups is 1. The summed E-state index contributed by atoms with van der Waals surface area (Å²) in [7, 11) is 0. The molecule has 66 valence electrons. The van der Waals surface area contributed by atoms with Gasteiger partial charge in [-0.1, -0.05) is 20.8 Å². The lowest BCUT2D eigenvalue weighted by Gasteiger charge is -2.14. The van der Waals surface area contributed by atoms with E-state index in [0.717, 1.165) is 0 Å². The van der Waals surface area contributed by atoms with Crippen LogP contribution in [0.1, 0.15) is 37.0 Å². The van der Waals surface area contributed by atoms with Crippen molar-refractivity contribution in [2.24, 2.45) is 5.73 Å². The summed E-state index contributed by atoms with van der Waals surface area (Å²) in [5.74, 6) is -0.0105. The SMILES string of the molecule is CC(C)(C)c1ocnc1C(N)=O. The van der Waals surface area contributed by atoms with E-state index in [2.05, 4.69) is 4.98 Å². The summed E-state index contributed by atoms with van der Waals surface area (Å²) in [6, 6.07) is 0. The average Bonchev–Trinajstić information content (AvgIpc) is 2.30. The molecular formula is C8H12N2O2. The van der Waals surface area contributed by atoms with Crippen molar-refractivity contribution in [3.8, 4) is 0 Å². The minimum Gasteiger partial charge on any atom is -0.447 e. The zero-order valence-corrected chi connectivity index (χ0v) is 7.42. The second-order valence-electron chi connectivity index (χ2n) is 3.64. The largest absolute Gasteiger partial charge is 0.447 e. The highest BCUT2D eigenvalue weighted by Gasteiger charge is 2.25. The van der Waals surface area contributed by atoms with Crippen LogP contribution in [0.15, 0.2) is 10.8 Å². The Labute approximate surface area is 70.8 Å². The van der Waals surface area contributed by atoms with Gasteiger partial charge in [0.2, 0.25) is 0 Å². The van der Waals surface area contributed by atoms with E-state index in [1.165, 1.54) is 6.39 Å². The van der Waals surface area contributed by atoms with E-state index >= 15 is 0 Å². The lowest BCUT2D eigenvalue weighted by atomic mass is 9.92. The predicted molar refractivity (Wildman–Crippen MR) is 43.7 cm³/mol. The van der Waals surface area contributed by atoms with E-state index in [-0.39, 0.29) is 11.1 Å². The van der Waals surface area contributed by atoms with Crippen LogP contribution in [0.5, 0.6) is 0 Å². The molecule has 0 fully saturated rings. The highest BCUT2D eigenvalue weighted by atomic mass is 16.3. The van der Waals surface area contributed by atoms with E-state index in [9.17, 15) is 4.79 Å². The van der Waals surface area contributed by atoms with Crippen molar-refractivity contribution < 1.29 is 9.21 Å². The minimum atomic E-state index is -0.548. The standard InChI is InChI=1S/C8H12N2O2/c1-8(2,3)6-5(7(9)11)10-4-12-6/h4H,1-3H3,(H2,9,11). The van der Waals surface area contributed by atoms with Crippen molar-refractivity contribution in [3.05, 3.63) is 17.8 Å². The summed E-state index contributed by atoms with van der Waals surface area (Å²) in [5.41, 5.74) is 5.08. The number of nitrogens with zero attached hydrogens (tertiary/aromatic N) is 1. The maximum absolute atomic E-state index is 10.8. The molecule has 0 saturated carbocycles. The quantitative estimate of drug-likeness (QED) is 0.681. The molecule has 2 N–H and O–H groups in total. The summed E-state index contributed by atoms with van der Waals surface area (Å²) in [6.07, 6.45) is 1.24. The van der Waals surface area contributed by atoms with Crippen molar-refractivity contribution in [1.29, 1.82) is 0 Å². The van der Waals surface area contributed by atoms with Crippen molar-refractivity contribution in [2.75, 3.05) is 0 Å². The summed E-state index contributed by atoms with van der Waals surface area (Å²) in [4.78, 5) is 14.6. The van der Waals surface area contributed by atoms with E-state index in [1.807, 2.05) is 20.8 Å². The topological polar surface area (TPSA) is 69.1 Å². The summed E-state index contributed by atoms with van der Waals surface area (Å²) >= 11 is 0. The van der Waals surface area contributed by atoms with Gasteiger partial charge in [-0.15, -0.1) is 0 Å². The summed E-state index contributed by atoms with van der Waals surface area (Å²) < 4.78 is 5.08. The molecule has 0 aliphatic carbocycles. The van der Waals surface area contributed by atoms with Crippen LogP contribution in [0.3, 0.4) is 0 Å². The Morgan fingerprint density at radius 2 is 2.17 bits per heavy atom. The first kappa shape index (κ1) is 8.77. The first-order valence-electron chi connectivity index (χ1n) is 3.66. The van der Waals surface area contributed by atoms with Gasteiger partial charge >= 0.3 is 0 Å². The second kappa shape index (κ2) is 2.62. The maximum atomic E-state index is 10.8. The van der Waals surface area contributed by atoms with Crippen LogP contribution < -0.4 is 5.73 Å². The van der Waals surface area contributed by atoms with Crippen LogP contribution in [0.4, 0.5) is 0 Å². The van der Waals surface area contributed by atoms with Crippen LogP contribution in [0.25, 0.3) is 0 Å². The number of primary amides is 1. The van der Waals surface area contributed by atoms with Crippen LogP contribution in [0, 0.1) is 0 Å². The fraction of sp³-hybridized carbons (Fsp3) is 0.500. The van der Waals surface area contributed by atoms with Crippen LogP contribution in [-0.2, 0) is 5.41 Å². The van der Waals surface area contributed by atoms with Gasteiger partial charge in [0.1, 0.15) is 5.76 Å². The smallest absolute Gasteiger partial charge is 0.270 e. The average molecular weight is 168 g/mol. The van der Waals surface area contributed by atoms with Crippen molar-refractivity contribution >= 4 is 5.91 Å². The lowest BCUT2D eigenvalue weighted by Crippen LogP contribution is -2.20. The lowest BCUT2D eigenvalue weighted by molar-refractivity contribution is 0.0992. The van der Waals surface area contributed by atoms with Crippen LogP contribution in [0.2, 0.25) is 0 Å². The fourth-order valence-electron chi connectivity index (χ4n) is 0.954.